The van der Waals surface area contributed by atoms with Gasteiger partial charge in [0.25, 0.3) is 5.91 Å². The first-order chi connectivity index (χ1) is 13.9. The van der Waals surface area contributed by atoms with E-state index in [0.717, 1.165) is 15.2 Å². The van der Waals surface area contributed by atoms with Crippen LogP contribution in [0, 0.1) is 15.2 Å². The Morgan fingerprint density at radius 2 is 1.79 bits per heavy atom. The van der Waals surface area contributed by atoms with Gasteiger partial charge in [-0.3, -0.25) is 9.69 Å². The van der Waals surface area contributed by atoms with Crippen molar-refractivity contribution < 1.29 is 23.1 Å². The average molecular weight is 512 g/mol. The summed E-state index contributed by atoms with van der Waals surface area (Å²) in [7, 11) is 0. The molecule has 2 fully saturated rings. The fourth-order valence-corrected chi connectivity index (χ4v) is 4.20. The minimum absolute atomic E-state index is 0.273. The van der Waals surface area contributed by atoms with Gasteiger partial charge in [0.05, 0.1) is 12.1 Å². The summed E-state index contributed by atoms with van der Waals surface area (Å²) in [5.74, 6) is -2.72. The van der Waals surface area contributed by atoms with E-state index < -0.39 is 23.1 Å². The molecule has 152 valence electrons. The summed E-state index contributed by atoms with van der Waals surface area (Å²) in [6.45, 7) is 1.56. The van der Waals surface area contributed by atoms with Crippen molar-refractivity contribution >= 4 is 34.6 Å². The second kappa shape index (κ2) is 7.89. The summed E-state index contributed by atoms with van der Waals surface area (Å²) < 4.78 is 34.2. The van der Waals surface area contributed by atoms with E-state index >= 15 is 0 Å². The van der Waals surface area contributed by atoms with Gasteiger partial charge in [-0.05, 0) is 52.4 Å². The second-order valence-corrected chi connectivity index (χ2v) is 8.67. The molecule has 1 spiro atoms. The van der Waals surface area contributed by atoms with Crippen molar-refractivity contribution in [2.75, 3.05) is 19.6 Å². The lowest BCUT2D eigenvalue weighted by atomic mass is 9.91. The third-order valence-corrected chi connectivity index (χ3v) is 6.19. The summed E-state index contributed by atoms with van der Waals surface area (Å²) in [4.78, 5) is 28.1. The summed E-state index contributed by atoms with van der Waals surface area (Å²) in [6, 6.07) is 11.5. The number of carbonyl (C=O) groups excluding carboxylic acids is 2. The quantitative estimate of drug-likeness (QED) is 0.580. The van der Waals surface area contributed by atoms with Crippen molar-refractivity contribution in [3.05, 3.63) is 68.8 Å². The summed E-state index contributed by atoms with van der Waals surface area (Å²) in [6.07, 6.45) is 0.564. The van der Waals surface area contributed by atoms with Gasteiger partial charge in [0, 0.05) is 36.0 Å². The Morgan fingerprint density at radius 1 is 1.10 bits per heavy atom. The average Bonchev–Trinajstić information content (AvgIpc) is 3.00. The molecule has 2 aliphatic heterocycles. The van der Waals surface area contributed by atoms with Crippen LogP contribution >= 0.6 is 22.6 Å². The zero-order valence-electron chi connectivity index (χ0n) is 15.5. The highest BCUT2D eigenvalue weighted by Crippen LogP contribution is 2.34. The number of hydrogen-bond donors (Lipinski definition) is 0. The maximum absolute atomic E-state index is 13.9. The van der Waals surface area contributed by atoms with Crippen LogP contribution < -0.4 is 0 Å². The van der Waals surface area contributed by atoms with Crippen molar-refractivity contribution in [1.82, 2.24) is 9.80 Å². The molecule has 0 atom stereocenters. The van der Waals surface area contributed by atoms with Gasteiger partial charge >= 0.3 is 6.09 Å². The molecule has 2 aliphatic rings. The van der Waals surface area contributed by atoms with E-state index in [1.165, 1.54) is 17.0 Å². The lowest BCUT2D eigenvalue weighted by molar-refractivity contribution is 0.00299. The number of carbonyl (C=O) groups is 2. The summed E-state index contributed by atoms with van der Waals surface area (Å²) >= 11 is 2.23. The molecule has 0 aliphatic carbocycles. The minimum atomic E-state index is -1.13. The van der Waals surface area contributed by atoms with E-state index in [-0.39, 0.29) is 11.7 Å². The van der Waals surface area contributed by atoms with E-state index in [2.05, 4.69) is 22.6 Å². The standard InChI is InChI=1S/C21H19F2IN2O3/c22-17-3-1-2-16(18(17)23)19(27)25-10-8-21(9-11-25)13-26(20(28)29-21)12-14-4-6-15(24)7-5-14/h1-7H,8-13H2. The Hall–Kier alpha value is -2.23. The van der Waals surface area contributed by atoms with Crippen LogP contribution in [0.2, 0.25) is 0 Å². The van der Waals surface area contributed by atoms with Gasteiger partial charge in [-0.1, -0.05) is 18.2 Å². The molecule has 0 unspecified atom stereocenters. The van der Waals surface area contributed by atoms with E-state index in [9.17, 15) is 18.4 Å². The number of halogens is 3. The maximum Gasteiger partial charge on any atom is 0.410 e. The third kappa shape index (κ3) is 4.08. The number of piperidine rings is 1. The van der Waals surface area contributed by atoms with Gasteiger partial charge in [-0.2, -0.15) is 0 Å². The molecule has 4 rings (SSSR count). The van der Waals surface area contributed by atoms with Crippen molar-refractivity contribution in [2.24, 2.45) is 0 Å². The molecule has 29 heavy (non-hydrogen) atoms. The molecule has 0 bridgehead atoms. The molecule has 0 saturated carbocycles. The number of hydrogen-bond acceptors (Lipinski definition) is 3. The van der Waals surface area contributed by atoms with Crippen LogP contribution in [-0.4, -0.2) is 47.0 Å². The summed E-state index contributed by atoms with van der Waals surface area (Å²) in [5.41, 5.74) is 0.107. The van der Waals surface area contributed by atoms with Crippen LogP contribution in [0.25, 0.3) is 0 Å². The first kappa shape index (κ1) is 20.1. The van der Waals surface area contributed by atoms with Crippen LogP contribution in [0.1, 0.15) is 28.8 Å². The minimum Gasteiger partial charge on any atom is -0.441 e. The highest BCUT2D eigenvalue weighted by Gasteiger charge is 2.47. The van der Waals surface area contributed by atoms with Crippen molar-refractivity contribution in [3.63, 3.8) is 0 Å². The van der Waals surface area contributed by atoms with Crippen LogP contribution in [-0.2, 0) is 11.3 Å². The molecule has 2 heterocycles. The van der Waals surface area contributed by atoms with Gasteiger partial charge in [-0.25, -0.2) is 13.6 Å². The Kier molecular flexibility index (Phi) is 5.46. The highest BCUT2D eigenvalue weighted by atomic mass is 127. The lowest BCUT2D eigenvalue weighted by Crippen LogP contribution is -2.48. The number of ether oxygens (including phenoxy) is 1. The van der Waals surface area contributed by atoms with Gasteiger partial charge in [-0.15, -0.1) is 0 Å². The molecule has 8 heteroatoms. The van der Waals surface area contributed by atoms with Crippen molar-refractivity contribution in [3.8, 4) is 0 Å². The molecule has 0 aromatic heterocycles. The maximum atomic E-state index is 13.9. The van der Waals surface area contributed by atoms with Crippen LogP contribution in [0.4, 0.5) is 13.6 Å². The monoisotopic (exact) mass is 512 g/mol. The topological polar surface area (TPSA) is 49.9 Å². The number of benzene rings is 2. The molecule has 2 saturated heterocycles. The molecule has 0 N–H and O–H groups in total. The predicted molar refractivity (Wildman–Crippen MR) is 110 cm³/mol. The molecule has 2 aromatic rings. The first-order valence-corrected chi connectivity index (χ1v) is 10.4. The number of rotatable bonds is 3. The van der Waals surface area contributed by atoms with Crippen LogP contribution in [0.15, 0.2) is 42.5 Å². The zero-order valence-corrected chi connectivity index (χ0v) is 17.7. The molecule has 2 amide bonds. The Morgan fingerprint density at radius 3 is 2.48 bits per heavy atom. The zero-order chi connectivity index (χ0) is 20.6. The lowest BCUT2D eigenvalue weighted by Gasteiger charge is -2.37. The fourth-order valence-electron chi connectivity index (χ4n) is 3.84. The van der Waals surface area contributed by atoms with Gasteiger partial charge in [0.2, 0.25) is 0 Å². The second-order valence-electron chi connectivity index (χ2n) is 7.43. The summed E-state index contributed by atoms with van der Waals surface area (Å²) in [5, 5.41) is 0. The number of nitrogens with zero attached hydrogens (tertiary/aromatic N) is 2. The van der Waals surface area contributed by atoms with Crippen LogP contribution in [0.3, 0.4) is 0 Å². The van der Waals surface area contributed by atoms with E-state index in [0.29, 0.717) is 39.0 Å². The molecule has 5 nitrogen and oxygen atoms in total. The van der Waals surface area contributed by atoms with Gasteiger partial charge in [0.1, 0.15) is 5.60 Å². The Bertz CT molecular complexity index is 943. The Labute approximate surface area is 180 Å². The largest absolute Gasteiger partial charge is 0.441 e. The van der Waals surface area contributed by atoms with Crippen molar-refractivity contribution in [2.45, 2.75) is 25.0 Å². The van der Waals surface area contributed by atoms with E-state index in [4.69, 9.17) is 4.74 Å². The molecule has 2 aromatic carbocycles. The molecule has 0 radical (unpaired) electrons. The van der Waals surface area contributed by atoms with E-state index in [1.54, 1.807) is 4.90 Å². The smallest absolute Gasteiger partial charge is 0.410 e. The van der Waals surface area contributed by atoms with Gasteiger partial charge in [0.15, 0.2) is 11.6 Å². The molecular formula is C21H19F2IN2O3. The SMILES string of the molecule is O=C1OC2(CCN(C(=O)c3cccc(F)c3F)CC2)CN1Cc1ccc(I)cc1. The van der Waals surface area contributed by atoms with Crippen LogP contribution in [0.5, 0.6) is 0 Å². The normalized spacial score (nSPS) is 18.2. The predicted octanol–water partition coefficient (Wildman–Crippen LogP) is 4.20. The first-order valence-electron chi connectivity index (χ1n) is 9.33. The fraction of sp³-hybridized carbons (Fsp3) is 0.333. The third-order valence-electron chi connectivity index (χ3n) is 5.47. The highest BCUT2D eigenvalue weighted by molar-refractivity contribution is 14.1. The molecular weight excluding hydrogens is 493 g/mol. The Balaban J connectivity index is 1.40. The van der Waals surface area contributed by atoms with Crippen molar-refractivity contribution in [1.29, 1.82) is 0 Å². The number of amides is 2. The number of likely N-dealkylation sites (tertiary alicyclic amines) is 1. The van der Waals surface area contributed by atoms with E-state index in [1.807, 2.05) is 24.3 Å². The van der Waals surface area contributed by atoms with Gasteiger partial charge < -0.3 is 9.64 Å².